The maximum atomic E-state index is 12.6. The van der Waals surface area contributed by atoms with E-state index in [1.165, 1.54) is 22.3 Å². The van der Waals surface area contributed by atoms with Crippen molar-refractivity contribution in [2.45, 2.75) is 32.7 Å². The van der Waals surface area contributed by atoms with Gasteiger partial charge in [-0.2, -0.15) is 5.10 Å². The van der Waals surface area contributed by atoms with E-state index in [1.54, 1.807) is 6.20 Å². The number of hydrogen-bond donors (Lipinski definition) is 1. The van der Waals surface area contributed by atoms with Crippen molar-refractivity contribution in [1.82, 2.24) is 14.7 Å². The van der Waals surface area contributed by atoms with Crippen LogP contribution in [0.4, 0.5) is 5.82 Å². The van der Waals surface area contributed by atoms with Gasteiger partial charge < -0.3 is 5.32 Å². The van der Waals surface area contributed by atoms with Gasteiger partial charge in [0.1, 0.15) is 5.82 Å². The molecule has 1 aromatic heterocycles. The van der Waals surface area contributed by atoms with Crippen molar-refractivity contribution in [3.05, 3.63) is 83.0 Å². The highest BCUT2D eigenvalue weighted by Crippen LogP contribution is 2.29. The first-order chi connectivity index (χ1) is 14.1. The molecule has 3 aromatic rings. The highest BCUT2D eigenvalue weighted by molar-refractivity contribution is 5.91. The topological polar surface area (TPSA) is 50.2 Å². The number of aryl methyl sites for hydroxylation is 2. The molecule has 1 amide bonds. The zero-order valence-corrected chi connectivity index (χ0v) is 17.1. The molecule has 1 aliphatic rings. The van der Waals surface area contributed by atoms with Gasteiger partial charge in [0.25, 0.3) is 0 Å². The predicted molar refractivity (Wildman–Crippen MR) is 116 cm³/mol. The first-order valence-corrected chi connectivity index (χ1v) is 10.2. The van der Waals surface area contributed by atoms with Crippen LogP contribution in [0.3, 0.4) is 0 Å². The second-order valence-electron chi connectivity index (χ2n) is 7.99. The molecule has 29 heavy (non-hydrogen) atoms. The molecule has 1 atom stereocenters. The van der Waals surface area contributed by atoms with E-state index in [-0.39, 0.29) is 5.91 Å². The molecule has 0 saturated carbocycles. The van der Waals surface area contributed by atoms with E-state index in [1.807, 2.05) is 16.8 Å². The van der Waals surface area contributed by atoms with Gasteiger partial charge in [-0.15, -0.1) is 0 Å². The highest BCUT2D eigenvalue weighted by Gasteiger charge is 2.26. The number of nitrogens with one attached hydrogen (secondary N) is 1. The monoisotopic (exact) mass is 388 g/mol. The number of carbonyl (C=O) groups is 1. The number of anilines is 1. The number of nitrogens with zero attached hydrogens (tertiary/aromatic N) is 3. The maximum Gasteiger partial charge on any atom is 0.239 e. The maximum absolute atomic E-state index is 12.6. The van der Waals surface area contributed by atoms with Gasteiger partial charge in [-0.25, -0.2) is 4.68 Å². The quantitative estimate of drug-likeness (QED) is 0.695. The molecule has 1 aliphatic heterocycles. The molecule has 2 aromatic carbocycles. The fourth-order valence-electron chi connectivity index (χ4n) is 4.21. The summed E-state index contributed by atoms with van der Waals surface area (Å²) >= 11 is 0. The van der Waals surface area contributed by atoms with E-state index in [0.29, 0.717) is 19.0 Å². The Morgan fingerprint density at radius 2 is 2.00 bits per heavy atom. The van der Waals surface area contributed by atoms with Crippen molar-refractivity contribution in [2.24, 2.45) is 0 Å². The summed E-state index contributed by atoms with van der Waals surface area (Å²) in [5, 5.41) is 7.41. The molecule has 1 saturated heterocycles. The van der Waals surface area contributed by atoms with Gasteiger partial charge >= 0.3 is 0 Å². The molecule has 5 nitrogen and oxygen atoms in total. The average Bonchev–Trinajstić information content (AvgIpc) is 3.32. The Labute approximate surface area is 172 Å². The molecule has 4 rings (SSSR count). The first kappa shape index (κ1) is 19.4. The van der Waals surface area contributed by atoms with Gasteiger partial charge in [0.15, 0.2) is 0 Å². The second-order valence-corrected chi connectivity index (χ2v) is 7.99. The number of carbonyl (C=O) groups excluding carboxylic acids is 1. The molecule has 0 radical (unpaired) electrons. The molecule has 1 fully saturated rings. The largest absolute Gasteiger partial charge is 0.310 e. The van der Waals surface area contributed by atoms with Crippen LogP contribution < -0.4 is 5.32 Å². The summed E-state index contributed by atoms with van der Waals surface area (Å²) in [5.74, 6) is 1.27. The average molecular weight is 389 g/mol. The summed E-state index contributed by atoms with van der Waals surface area (Å²) in [7, 11) is 0. The lowest BCUT2D eigenvalue weighted by atomic mass is 9.94. The van der Waals surface area contributed by atoms with Gasteiger partial charge in [0.2, 0.25) is 5.91 Å². The molecule has 150 valence electrons. The van der Waals surface area contributed by atoms with Crippen molar-refractivity contribution in [3.8, 4) is 0 Å². The minimum Gasteiger partial charge on any atom is -0.310 e. The van der Waals surface area contributed by atoms with Crippen LogP contribution in [0.25, 0.3) is 0 Å². The minimum absolute atomic E-state index is 0.0152. The van der Waals surface area contributed by atoms with E-state index >= 15 is 0 Å². The third-order valence-electron chi connectivity index (χ3n) is 5.67. The van der Waals surface area contributed by atoms with Crippen LogP contribution in [0.1, 0.15) is 34.6 Å². The van der Waals surface area contributed by atoms with Crippen molar-refractivity contribution >= 4 is 11.7 Å². The van der Waals surface area contributed by atoms with Crippen molar-refractivity contribution < 1.29 is 4.79 Å². The Balaban J connectivity index is 1.34. The summed E-state index contributed by atoms with van der Waals surface area (Å²) in [6.45, 7) is 7.19. The van der Waals surface area contributed by atoms with Crippen molar-refractivity contribution in [1.29, 1.82) is 0 Å². The van der Waals surface area contributed by atoms with Gasteiger partial charge in [-0.1, -0.05) is 54.1 Å². The van der Waals surface area contributed by atoms with E-state index in [0.717, 1.165) is 25.3 Å². The molecule has 0 spiro atoms. The van der Waals surface area contributed by atoms with E-state index in [4.69, 9.17) is 0 Å². The van der Waals surface area contributed by atoms with E-state index < -0.39 is 0 Å². The van der Waals surface area contributed by atoms with Crippen LogP contribution in [0.15, 0.2) is 60.8 Å². The Morgan fingerprint density at radius 3 is 2.83 bits per heavy atom. The van der Waals surface area contributed by atoms with Crippen LogP contribution in [0, 0.1) is 13.8 Å². The lowest BCUT2D eigenvalue weighted by molar-refractivity contribution is -0.117. The van der Waals surface area contributed by atoms with Gasteiger partial charge in [-0.3, -0.25) is 9.69 Å². The third-order valence-corrected chi connectivity index (χ3v) is 5.67. The molecule has 5 heteroatoms. The Bertz CT molecular complexity index is 994. The zero-order valence-electron chi connectivity index (χ0n) is 17.1. The summed E-state index contributed by atoms with van der Waals surface area (Å²) in [6, 6.07) is 18.8. The summed E-state index contributed by atoms with van der Waals surface area (Å²) in [4.78, 5) is 14.9. The predicted octanol–water partition coefficient (Wildman–Crippen LogP) is 3.98. The van der Waals surface area contributed by atoms with Gasteiger partial charge in [0.05, 0.1) is 19.3 Å². The zero-order chi connectivity index (χ0) is 20.2. The number of likely N-dealkylation sites (tertiary alicyclic amines) is 1. The lowest BCUT2D eigenvalue weighted by Gasteiger charge is -2.17. The lowest BCUT2D eigenvalue weighted by Crippen LogP contribution is -2.32. The summed E-state index contributed by atoms with van der Waals surface area (Å²) in [6.07, 6.45) is 2.83. The van der Waals surface area contributed by atoms with Crippen molar-refractivity contribution in [3.63, 3.8) is 0 Å². The van der Waals surface area contributed by atoms with E-state index in [9.17, 15) is 4.79 Å². The van der Waals surface area contributed by atoms with Crippen LogP contribution >= 0.6 is 0 Å². The molecule has 0 aliphatic carbocycles. The minimum atomic E-state index is 0.0152. The fourth-order valence-corrected chi connectivity index (χ4v) is 4.21. The highest BCUT2D eigenvalue weighted by atomic mass is 16.2. The van der Waals surface area contributed by atoms with Gasteiger partial charge in [0, 0.05) is 12.6 Å². The standard InChI is InChI=1S/C24H28N4O/c1-18-6-5-8-20(14-18)15-28-23(10-12-25-28)26-24(29)17-27-13-11-21(16-27)22-9-4-3-7-19(22)2/h3-10,12,14,21H,11,13,15-17H2,1-2H3,(H,26,29). The summed E-state index contributed by atoms with van der Waals surface area (Å²) < 4.78 is 1.84. The number of aromatic nitrogens is 2. The van der Waals surface area contributed by atoms with Crippen LogP contribution in [0.5, 0.6) is 0 Å². The second kappa shape index (κ2) is 8.62. The van der Waals surface area contributed by atoms with E-state index in [2.05, 4.69) is 71.6 Å². The number of amides is 1. The summed E-state index contributed by atoms with van der Waals surface area (Å²) in [5.41, 5.74) is 5.14. The Hall–Kier alpha value is -2.92. The molecular weight excluding hydrogens is 360 g/mol. The SMILES string of the molecule is Cc1cccc(Cn2nccc2NC(=O)CN2CCC(c3ccccc3C)C2)c1. The first-order valence-electron chi connectivity index (χ1n) is 10.2. The molecule has 2 heterocycles. The third kappa shape index (κ3) is 4.74. The smallest absolute Gasteiger partial charge is 0.239 e. The number of rotatable bonds is 6. The fraction of sp³-hybridized carbons (Fsp3) is 0.333. The van der Waals surface area contributed by atoms with Crippen LogP contribution in [-0.4, -0.2) is 40.2 Å². The Morgan fingerprint density at radius 1 is 1.14 bits per heavy atom. The van der Waals surface area contributed by atoms with Gasteiger partial charge in [-0.05, 0) is 49.4 Å². The van der Waals surface area contributed by atoms with Crippen molar-refractivity contribution in [2.75, 3.05) is 25.0 Å². The normalized spacial score (nSPS) is 16.8. The Kier molecular flexibility index (Phi) is 5.76. The van der Waals surface area contributed by atoms with Crippen LogP contribution in [0.2, 0.25) is 0 Å². The molecular formula is C24H28N4O. The molecule has 1 unspecified atom stereocenters. The van der Waals surface area contributed by atoms with Crippen LogP contribution in [-0.2, 0) is 11.3 Å². The molecule has 1 N–H and O–H groups in total. The molecule has 0 bridgehead atoms. The number of benzene rings is 2. The number of hydrogen-bond acceptors (Lipinski definition) is 3.